The Labute approximate surface area is 174 Å². The molecule has 0 saturated carbocycles. The second-order valence-electron chi connectivity index (χ2n) is 7.07. The van der Waals surface area contributed by atoms with Crippen LogP contribution < -0.4 is 9.64 Å². The van der Waals surface area contributed by atoms with E-state index >= 15 is 0 Å². The van der Waals surface area contributed by atoms with Crippen molar-refractivity contribution < 1.29 is 9.84 Å². The van der Waals surface area contributed by atoms with Crippen LogP contribution in [0.15, 0.2) is 42.5 Å². The third-order valence-corrected chi connectivity index (χ3v) is 6.21. The van der Waals surface area contributed by atoms with Crippen molar-refractivity contribution in [3.05, 3.63) is 52.5 Å². The van der Waals surface area contributed by atoms with E-state index in [-0.39, 0.29) is 6.61 Å². The van der Waals surface area contributed by atoms with Gasteiger partial charge in [0.05, 0.1) is 25.9 Å². The maximum absolute atomic E-state index is 10.4. The third kappa shape index (κ3) is 4.58. The van der Waals surface area contributed by atoms with Crippen LogP contribution in [0.25, 0.3) is 10.2 Å². The van der Waals surface area contributed by atoms with E-state index in [0.717, 1.165) is 57.9 Å². The average Bonchev–Trinajstić information content (AvgIpc) is 3.07. The van der Waals surface area contributed by atoms with Gasteiger partial charge in [-0.15, -0.1) is 11.3 Å². The van der Waals surface area contributed by atoms with Crippen LogP contribution in [-0.4, -0.2) is 60.4 Å². The lowest BCUT2D eigenvalue weighted by molar-refractivity contribution is 0.0663. The Morgan fingerprint density at radius 3 is 2.75 bits per heavy atom. The van der Waals surface area contributed by atoms with Crippen molar-refractivity contribution in [3.8, 4) is 5.75 Å². The number of piperazine rings is 1. The Bertz CT molecular complexity index is 940. The number of aliphatic hydroxyl groups excluding tert-OH is 1. The highest BCUT2D eigenvalue weighted by Crippen LogP contribution is 2.27. The maximum Gasteiger partial charge on any atom is 0.121 e. The van der Waals surface area contributed by atoms with Gasteiger partial charge in [-0.05, 0) is 31.2 Å². The molecule has 2 aromatic carbocycles. The largest absolute Gasteiger partial charge is 0.491 e. The van der Waals surface area contributed by atoms with Gasteiger partial charge in [-0.1, -0.05) is 23.7 Å². The molecule has 1 atom stereocenters. The van der Waals surface area contributed by atoms with Crippen LogP contribution in [0.2, 0.25) is 5.02 Å². The monoisotopic (exact) mass is 417 g/mol. The number of benzene rings is 2. The number of aliphatic hydroxyl groups is 1. The summed E-state index contributed by atoms with van der Waals surface area (Å²) in [5.41, 5.74) is 2.03. The first-order valence-electron chi connectivity index (χ1n) is 9.48. The van der Waals surface area contributed by atoms with E-state index < -0.39 is 6.10 Å². The Morgan fingerprint density at radius 1 is 1.18 bits per heavy atom. The molecular formula is C21H24ClN3O2S. The Kier molecular flexibility index (Phi) is 6.01. The van der Waals surface area contributed by atoms with Gasteiger partial charge in [-0.2, -0.15) is 0 Å². The highest BCUT2D eigenvalue weighted by Gasteiger charge is 2.21. The van der Waals surface area contributed by atoms with Gasteiger partial charge >= 0.3 is 0 Å². The molecule has 148 valence electrons. The molecule has 1 aliphatic heterocycles. The minimum Gasteiger partial charge on any atom is -0.491 e. The fourth-order valence-corrected chi connectivity index (χ4v) is 4.60. The molecule has 0 spiro atoms. The average molecular weight is 418 g/mol. The molecule has 1 saturated heterocycles. The Balaban J connectivity index is 1.25. The van der Waals surface area contributed by atoms with Crippen LogP contribution in [0.3, 0.4) is 0 Å². The maximum atomic E-state index is 10.4. The van der Waals surface area contributed by atoms with Crippen LogP contribution in [0, 0.1) is 6.92 Å². The van der Waals surface area contributed by atoms with Gasteiger partial charge in [0.25, 0.3) is 0 Å². The number of anilines is 1. The van der Waals surface area contributed by atoms with E-state index in [1.54, 1.807) is 11.3 Å². The van der Waals surface area contributed by atoms with Gasteiger partial charge in [0, 0.05) is 38.8 Å². The van der Waals surface area contributed by atoms with Crippen molar-refractivity contribution >= 4 is 38.8 Å². The standard InChI is InChI=1S/C21H24ClN3O2S/c1-15-23-19-12-17(6-7-21(19)28-15)27-14-16(26)13-24-8-10-25(11-9-24)20-5-3-2-4-18(20)22/h2-7,12,16,26H,8-11,13-14H2,1H3/t16-/m1/s1. The van der Waals surface area contributed by atoms with Crippen molar-refractivity contribution in [2.75, 3.05) is 44.2 Å². The quantitative estimate of drug-likeness (QED) is 0.660. The first kappa shape index (κ1) is 19.5. The van der Waals surface area contributed by atoms with Gasteiger partial charge in [-0.3, -0.25) is 4.90 Å². The Morgan fingerprint density at radius 2 is 1.96 bits per heavy atom. The van der Waals surface area contributed by atoms with E-state index in [1.807, 2.05) is 43.3 Å². The van der Waals surface area contributed by atoms with Crippen molar-refractivity contribution in [3.63, 3.8) is 0 Å². The number of thiazole rings is 1. The summed E-state index contributed by atoms with van der Waals surface area (Å²) >= 11 is 7.97. The smallest absolute Gasteiger partial charge is 0.121 e. The highest BCUT2D eigenvalue weighted by molar-refractivity contribution is 7.18. The zero-order chi connectivity index (χ0) is 19.5. The number of nitrogens with zero attached hydrogens (tertiary/aromatic N) is 3. The number of para-hydroxylation sites is 1. The molecule has 5 nitrogen and oxygen atoms in total. The summed E-state index contributed by atoms with van der Waals surface area (Å²) in [6.45, 7) is 6.47. The first-order valence-corrected chi connectivity index (χ1v) is 10.7. The second-order valence-corrected chi connectivity index (χ2v) is 8.71. The Hall–Kier alpha value is -1.86. The van der Waals surface area contributed by atoms with Crippen LogP contribution in [0.1, 0.15) is 5.01 Å². The lowest BCUT2D eigenvalue weighted by atomic mass is 10.2. The van der Waals surface area contributed by atoms with Crippen molar-refractivity contribution in [2.45, 2.75) is 13.0 Å². The molecule has 0 unspecified atom stereocenters. The number of ether oxygens (including phenoxy) is 1. The van der Waals surface area contributed by atoms with Gasteiger partial charge in [0.15, 0.2) is 0 Å². The van der Waals surface area contributed by atoms with Crippen LogP contribution in [0.5, 0.6) is 5.75 Å². The van der Waals surface area contributed by atoms with Crippen molar-refractivity contribution in [1.82, 2.24) is 9.88 Å². The molecule has 0 bridgehead atoms. The number of rotatable bonds is 6. The lowest BCUT2D eigenvalue weighted by Crippen LogP contribution is -2.49. The number of β-amino-alcohol motifs (C(OH)–C–C–N with tert-alkyl or cyclic N) is 1. The predicted octanol–water partition coefficient (Wildman–Crippen LogP) is 3.82. The second kappa shape index (κ2) is 8.66. The van der Waals surface area contributed by atoms with E-state index in [1.165, 1.54) is 0 Å². The number of hydrogen-bond acceptors (Lipinski definition) is 6. The molecule has 3 aromatic rings. The van der Waals surface area contributed by atoms with Gasteiger partial charge in [0.1, 0.15) is 18.5 Å². The topological polar surface area (TPSA) is 48.8 Å². The minimum absolute atomic E-state index is 0.277. The summed E-state index contributed by atoms with van der Waals surface area (Å²) in [5, 5.41) is 12.2. The van der Waals surface area contributed by atoms with E-state index in [0.29, 0.717) is 6.54 Å². The molecule has 0 radical (unpaired) electrons. The third-order valence-electron chi connectivity index (χ3n) is 4.94. The number of hydrogen-bond donors (Lipinski definition) is 1. The zero-order valence-corrected chi connectivity index (χ0v) is 17.4. The molecule has 0 amide bonds. The molecule has 0 aliphatic carbocycles. The molecule has 1 aromatic heterocycles. The van der Waals surface area contributed by atoms with Gasteiger partial charge in [0.2, 0.25) is 0 Å². The number of halogens is 1. The van der Waals surface area contributed by atoms with Crippen LogP contribution in [0.4, 0.5) is 5.69 Å². The molecule has 1 aliphatic rings. The zero-order valence-electron chi connectivity index (χ0n) is 15.8. The summed E-state index contributed by atoms with van der Waals surface area (Å²) in [7, 11) is 0. The summed E-state index contributed by atoms with van der Waals surface area (Å²) < 4.78 is 6.95. The van der Waals surface area contributed by atoms with Gasteiger partial charge in [-0.25, -0.2) is 4.98 Å². The minimum atomic E-state index is -0.528. The van der Waals surface area contributed by atoms with E-state index in [2.05, 4.69) is 20.9 Å². The lowest BCUT2D eigenvalue weighted by Gasteiger charge is -2.37. The van der Waals surface area contributed by atoms with Crippen LogP contribution >= 0.6 is 22.9 Å². The fraction of sp³-hybridized carbons (Fsp3) is 0.381. The van der Waals surface area contributed by atoms with E-state index in [4.69, 9.17) is 16.3 Å². The molecule has 1 fully saturated rings. The normalized spacial score (nSPS) is 16.5. The van der Waals surface area contributed by atoms with Gasteiger partial charge < -0.3 is 14.7 Å². The SMILES string of the molecule is Cc1nc2cc(OC[C@H](O)CN3CCN(c4ccccc4Cl)CC3)ccc2s1. The highest BCUT2D eigenvalue weighted by atomic mass is 35.5. The summed E-state index contributed by atoms with van der Waals surface area (Å²) in [4.78, 5) is 9.06. The first-order chi connectivity index (χ1) is 13.6. The molecule has 7 heteroatoms. The van der Waals surface area contributed by atoms with Crippen LogP contribution in [-0.2, 0) is 0 Å². The number of aryl methyl sites for hydroxylation is 1. The van der Waals surface area contributed by atoms with Crippen molar-refractivity contribution in [1.29, 1.82) is 0 Å². The number of fused-ring (bicyclic) bond motifs is 1. The number of aromatic nitrogens is 1. The van der Waals surface area contributed by atoms with E-state index in [9.17, 15) is 5.11 Å². The predicted molar refractivity (Wildman–Crippen MR) is 116 cm³/mol. The summed E-state index contributed by atoms with van der Waals surface area (Å²) in [6, 6.07) is 13.8. The van der Waals surface area contributed by atoms with Crippen molar-refractivity contribution in [2.24, 2.45) is 0 Å². The molecule has 28 heavy (non-hydrogen) atoms. The summed E-state index contributed by atoms with van der Waals surface area (Å²) in [5.74, 6) is 0.750. The molecule has 1 N–H and O–H groups in total. The summed E-state index contributed by atoms with van der Waals surface area (Å²) in [6.07, 6.45) is -0.528. The fourth-order valence-electron chi connectivity index (χ4n) is 3.53. The molecule has 4 rings (SSSR count). The molecular weight excluding hydrogens is 394 g/mol. The molecule has 2 heterocycles.